The molecule has 0 heterocycles. The van der Waals surface area contributed by atoms with E-state index in [4.69, 9.17) is 23.7 Å². The zero-order valence-electron chi connectivity index (χ0n) is 16.0. The van der Waals surface area contributed by atoms with Crippen LogP contribution in [-0.4, -0.2) is 52.7 Å². The predicted molar refractivity (Wildman–Crippen MR) is 99.1 cm³/mol. The Hall–Kier alpha value is -2.77. The summed E-state index contributed by atoms with van der Waals surface area (Å²) in [5.74, 6) is -0.273. The van der Waals surface area contributed by atoms with Gasteiger partial charge in [-0.3, -0.25) is 4.79 Å². The lowest BCUT2D eigenvalue weighted by Crippen LogP contribution is -2.30. The number of rotatable bonds is 9. The van der Waals surface area contributed by atoms with Crippen LogP contribution in [0.25, 0.3) is 0 Å². The van der Waals surface area contributed by atoms with Gasteiger partial charge >= 0.3 is 0 Å². The molecular formula is C20H24O7. The van der Waals surface area contributed by atoms with E-state index < -0.39 is 18.0 Å². The van der Waals surface area contributed by atoms with Crippen LogP contribution in [0.1, 0.15) is 21.8 Å². The Labute approximate surface area is 158 Å². The van der Waals surface area contributed by atoms with Crippen LogP contribution < -0.4 is 14.2 Å². The minimum atomic E-state index is -0.864. The molecule has 146 valence electrons. The average molecular weight is 376 g/mol. The fourth-order valence-corrected chi connectivity index (χ4v) is 2.87. The summed E-state index contributed by atoms with van der Waals surface area (Å²) in [6.45, 7) is 0. The predicted octanol–water partition coefficient (Wildman–Crippen LogP) is 3.00. The van der Waals surface area contributed by atoms with Crippen molar-refractivity contribution in [3.8, 4) is 23.0 Å². The molecule has 0 radical (unpaired) electrons. The number of carbonyl (C=O) groups excluding carboxylic acids is 1. The van der Waals surface area contributed by atoms with Crippen LogP contribution in [0.4, 0.5) is 0 Å². The van der Waals surface area contributed by atoms with E-state index in [1.165, 1.54) is 40.6 Å². The van der Waals surface area contributed by atoms with Gasteiger partial charge in [0, 0.05) is 26.4 Å². The summed E-state index contributed by atoms with van der Waals surface area (Å²) >= 11 is 0. The average Bonchev–Trinajstić information content (AvgIpc) is 2.70. The minimum absolute atomic E-state index is 0.0261. The van der Waals surface area contributed by atoms with Gasteiger partial charge in [0.25, 0.3) is 0 Å². The number of methoxy groups -OCH3 is 5. The molecule has 1 atom stereocenters. The Balaban J connectivity index is 2.57. The van der Waals surface area contributed by atoms with Crippen molar-refractivity contribution in [2.45, 2.75) is 12.2 Å². The van der Waals surface area contributed by atoms with Crippen LogP contribution in [0.3, 0.4) is 0 Å². The zero-order chi connectivity index (χ0) is 20.0. The molecule has 0 saturated carbocycles. The largest absolute Gasteiger partial charge is 0.507 e. The molecule has 7 nitrogen and oxygen atoms in total. The lowest BCUT2D eigenvalue weighted by Gasteiger charge is -2.25. The van der Waals surface area contributed by atoms with Crippen LogP contribution in [0, 0.1) is 0 Å². The summed E-state index contributed by atoms with van der Waals surface area (Å²) in [5.41, 5.74) is 0.671. The van der Waals surface area contributed by atoms with Gasteiger partial charge in [-0.25, -0.2) is 0 Å². The molecular weight excluding hydrogens is 352 g/mol. The Morgan fingerprint density at radius 2 is 1.44 bits per heavy atom. The van der Waals surface area contributed by atoms with E-state index in [-0.39, 0.29) is 17.1 Å². The summed E-state index contributed by atoms with van der Waals surface area (Å²) < 4.78 is 26.3. The molecule has 2 aromatic rings. The molecule has 0 saturated heterocycles. The van der Waals surface area contributed by atoms with E-state index in [0.29, 0.717) is 17.1 Å². The molecule has 0 bridgehead atoms. The Morgan fingerprint density at radius 1 is 0.852 bits per heavy atom. The van der Waals surface area contributed by atoms with E-state index in [2.05, 4.69) is 0 Å². The summed E-state index contributed by atoms with van der Waals surface area (Å²) in [5, 5.41) is 10.4. The third-order valence-corrected chi connectivity index (χ3v) is 4.25. The third-order valence-electron chi connectivity index (χ3n) is 4.25. The topological polar surface area (TPSA) is 83.5 Å². The van der Waals surface area contributed by atoms with Gasteiger partial charge in [-0.2, -0.15) is 0 Å². The highest BCUT2D eigenvalue weighted by Gasteiger charge is 2.34. The first-order chi connectivity index (χ1) is 13.0. The number of hydrogen-bond donors (Lipinski definition) is 1. The highest BCUT2D eigenvalue weighted by Crippen LogP contribution is 2.38. The molecule has 0 aliphatic rings. The molecule has 1 N–H and O–H groups in total. The highest BCUT2D eigenvalue weighted by molar-refractivity contribution is 6.06. The fourth-order valence-electron chi connectivity index (χ4n) is 2.87. The smallest absolute Gasteiger partial charge is 0.182 e. The Bertz CT molecular complexity index is 767. The molecule has 1 unspecified atom stereocenters. The quantitative estimate of drug-likeness (QED) is 0.532. The van der Waals surface area contributed by atoms with Crippen molar-refractivity contribution >= 4 is 5.78 Å². The van der Waals surface area contributed by atoms with Crippen LogP contribution >= 0.6 is 0 Å². The molecule has 0 fully saturated rings. The monoisotopic (exact) mass is 376 g/mol. The van der Waals surface area contributed by atoms with Gasteiger partial charge in [-0.05, 0) is 17.7 Å². The van der Waals surface area contributed by atoms with Gasteiger partial charge < -0.3 is 28.8 Å². The second-order valence-electron chi connectivity index (χ2n) is 5.68. The standard InChI is InChI=1S/C20H24O7/c1-23-13-8-6-12(7-9-13)17(20(26-4)27-5)19(22)18-15(21)10-14(24-2)11-16(18)25-3/h6-11,17,20-21H,1-5H3. The number of carbonyl (C=O) groups is 1. The van der Waals surface area contributed by atoms with Crippen molar-refractivity contribution in [3.05, 3.63) is 47.5 Å². The van der Waals surface area contributed by atoms with E-state index >= 15 is 0 Å². The lowest BCUT2D eigenvalue weighted by molar-refractivity contribution is -0.110. The lowest BCUT2D eigenvalue weighted by atomic mass is 9.89. The van der Waals surface area contributed by atoms with E-state index in [1.807, 2.05) is 0 Å². The van der Waals surface area contributed by atoms with Gasteiger partial charge in [0.15, 0.2) is 12.1 Å². The first-order valence-corrected chi connectivity index (χ1v) is 8.19. The first-order valence-electron chi connectivity index (χ1n) is 8.19. The molecule has 0 aliphatic heterocycles. The van der Waals surface area contributed by atoms with Crippen LogP contribution in [0.2, 0.25) is 0 Å². The van der Waals surface area contributed by atoms with E-state index in [1.54, 1.807) is 31.4 Å². The maximum atomic E-state index is 13.4. The van der Waals surface area contributed by atoms with Crippen molar-refractivity contribution in [2.75, 3.05) is 35.5 Å². The van der Waals surface area contributed by atoms with Crippen LogP contribution in [-0.2, 0) is 9.47 Å². The van der Waals surface area contributed by atoms with Crippen molar-refractivity contribution < 1.29 is 33.6 Å². The number of benzene rings is 2. The zero-order valence-corrected chi connectivity index (χ0v) is 16.0. The maximum absolute atomic E-state index is 13.4. The minimum Gasteiger partial charge on any atom is -0.507 e. The Morgan fingerprint density at radius 3 is 1.93 bits per heavy atom. The number of phenolic OH excluding ortho intramolecular Hbond substituents is 1. The summed E-state index contributed by atoms with van der Waals surface area (Å²) in [7, 11) is 7.33. The van der Waals surface area contributed by atoms with Crippen molar-refractivity contribution in [3.63, 3.8) is 0 Å². The number of phenols is 1. The molecule has 2 rings (SSSR count). The second-order valence-corrected chi connectivity index (χ2v) is 5.68. The molecule has 27 heavy (non-hydrogen) atoms. The van der Waals surface area contributed by atoms with E-state index in [0.717, 1.165) is 0 Å². The van der Waals surface area contributed by atoms with Gasteiger partial charge in [0.2, 0.25) is 0 Å². The van der Waals surface area contributed by atoms with Gasteiger partial charge in [-0.15, -0.1) is 0 Å². The number of ketones is 1. The van der Waals surface area contributed by atoms with Gasteiger partial charge in [-0.1, -0.05) is 12.1 Å². The van der Waals surface area contributed by atoms with Gasteiger partial charge in [0.05, 0.1) is 27.2 Å². The number of hydrogen-bond acceptors (Lipinski definition) is 7. The number of Topliss-reactive ketones (excluding diaryl/α,β-unsaturated/α-hetero) is 1. The van der Waals surface area contributed by atoms with Crippen LogP contribution in [0.15, 0.2) is 36.4 Å². The third kappa shape index (κ3) is 4.32. The summed E-state index contributed by atoms with van der Waals surface area (Å²) in [4.78, 5) is 13.4. The first kappa shape index (κ1) is 20.5. The number of ether oxygens (including phenoxy) is 5. The summed E-state index contributed by atoms with van der Waals surface area (Å²) in [6.07, 6.45) is -0.864. The highest BCUT2D eigenvalue weighted by atomic mass is 16.7. The maximum Gasteiger partial charge on any atom is 0.182 e. The number of aromatic hydroxyl groups is 1. The normalized spacial score (nSPS) is 11.9. The van der Waals surface area contributed by atoms with E-state index in [9.17, 15) is 9.90 Å². The molecule has 0 spiro atoms. The second kappa shape index (κ2) is 9.25. The fraction of sp³-hybridized carbons (Fsp3) is 0.350. The van der Waals surface area contributed by atoms with Gasteiger partial charge in [0.1, 0.15) is 28.6 Å². The molecule has 7 heteroatoms. The van der Waals surface area contributed by atoms with Crippen molar-refractivity contribution in [2.24, 2.45) is 0 Å². The summed E-state index contributed by atoms with van der Waals surface area (Å²) in [6, 6.07) is 9.87. The SMILES string of the molecule is COc1ccc(C(C(=O)c2c(O)cc(OC)cc2OC)C(OC)OC)cc1. The molecule has 0 aliphatic carbocycles. The molecule has 0 amide bonds. The molecule has 2 aromatic carbocycles. The molecule has 0 aromatic heterocycles. The Kier molecular flexibility index (Phi) is 7.04. The van der Waals surface area contributed by atoms with Crippen molar-refractivity contribution in [1.82, 2.24) is 0 Å². The van der Waals surface area contributed by atoms with Crippen LogP contribution in [0.5, 0.6) is 23.0 Å². The van der Waals surface area contributed by atoms with Crippen molar-refractivity contribution in [1.29, 1.82) is 0 Å².